The van der Waals surface area contributed by atoms with Gasteiger partial charge < -0.3 is 10.0 Å². The van der Waals surface area contributed by atoms with Crippen LogP contribution in [0.3, 0.4) is 0 Å². The van der Waals surface area contributed by atoms with E-state index in [0.29, 0.717) is 0 Å². The minimum absolute atomic E-state index is 0.262. The van der Waals surface area contributed by atoms with E-state index in [1.165, 1.54) is 0 Å². The van der Waals surface area contributed by atoms with Crippen molar-refractivity contribution < 1.29 is 23.2 Å². The average Bonchev–Trinajstić information content (AvgIpc) is 1.82. The molecule has 1 heterocycles. The van der Waals surface area contributed by atoms with E-state index in [0.717, 1.165) is 0 Å². The van der Waals surface area contributed by atoms with Gasteiger partial charge in [-0.2, -0.15) is 13.8 Å². The first-order valence-electron chi connectivity index (χ1n) is 2.90. The highest BCUT2D eigenvalue weighted by atomic mass is 19.1. The molecule has 64 valence electrons. The zero-order valence-corrected chi connectivity index (χ0v) is 5.63. The molecule has 0 spiro atoms. The third-order valence-corrected chi connectivity index (χ3v) is 1.19. The summed E-state index contributed by atoms with van der Waals surface area (Å²) >= 11 is 0. The molecule has 7 heteroatoms. The van der Waals surface area contributed by atoms with Gasteiger partial charge in [0, 0.05) is 6.07 Å². The van der Waals surface area contributed by atoms with E-state index in [1.807, 2.05) is 0 Å². The molecule has 0 aliphatic heterocycles. The molecule has 0 aromatic carbocycles. The molecule has 0 saturated heterocycles. The van der Waals surface area contributed by atoms with Gasteiger partial charge in [0.2, 0.25) is 11.9 Å². The minimum atomic E-state index is -2.34. The van der Waals surface area contributed by atoms with Crippen molar-refractivity contribution in [2.24, 2.45) is 0 Å². The summed E-state index contributed by atoms with van der Waals surface area (Å²) in [6.07, 6.45) is 0. The summed E-state index contributed by atoms with van der Waals surface area (Å²) in [6, 6.07) is 0.262. The quantitative estimate of drug-likeness (QED) is 0.435. The van der Waals surface area contributed by atoms with Crippen LogP contribution in [0, 0.1) is 17.7 Å². The van der Waals surface area contributed by atoms with Crippen LogP contribution < -0.4 is 5.46 Å². The molecule has 1 aromatic heterocycles. The van der Waals surface area contributed by atoms with Crippen LogP contribution in [-0.4, -0.2) is 22.2 Å². The summed E-state index contributed by atoms with van der Waals surface area (Å²) in [4.78, 5) is 2.56. The van der Waals surface area contributed by atoms with Crippen LogP contribution >= 0.6 is 0 Å². The number of aromatic nitrogens is 1. The normalized spacial score (nSPS) is 10.1. The fraction of sp³-hybridized carbons (Fsp3) is 0. The van der Waals surface area contributed by atoms with Crippen LogP contribution in [0.1, 0.15) is 0 Å². The van der Waals surface area contributed by atoms with Crippen molar-refractivity contribution in [3.05, 3.63) is 23.8 Å². The van der Waals surface area contributed by atoms with Crippen LogP contribution in [-0.2, 0) is 0 Å². The van der Waals surface area contributed by atoms with Gasteiger partial charge in [-0.05, 0) is 0 Å². The summed E-state index contributed by atoms with van der Waals surface area (Å²) in [5.41, 5.74) is -1.06. The number of halogens is 3. The summed E-state index contributed by atoms with van der Waals surface area (Å²) in [5, 5.41) is 16.8. The van der Waals surface area contributed by atoms with Gasteiger partial charge >= 0.3 is 7.12 Å². The van der Waals surface area contributed by atoms with Crippen molar-refractivity contribution >= 4 is 12.6 Å². The van der Waals surface area contributed by atoms with Gasteiger partial charge in [-0.25, -0.2) is 4.39 Å². The SMILES string of the molecule is OB(O)c1c(F)cc(F)nc1F. The molecule has 0 saturated carbocycles. The molecule has 3 nitrogen and oxygen atoms in total. The van der Waals surface area contributed by atoms with Crippen molar-refractivity contribution in [3.63, 3.8) is 0 Å². The van der Waals surface area contributed by atoms with Crippen molar-refractivity contribution in [2.75, 3.05) is 0 Å². The van der Waals surface area contributed by atoms with Gasteiger partial charge in [0.1, 0.15) is 5.82 Å². The standard InChI is InChI=1S/C5H3BF3NO2/c7-2-1-3(8)10-5(9)4(2)6(11)12/h1,11-12H. The predicted molar refractivity (Wildman–Crippen MR) is 33.9 cm³/mol. The monoisotopic (exact) mass is 177 g/mol. The van der Waals surface area contributed by atoms with Crippen molar-refractivity contribution in [1.82, 2.24) is 4.98 Å². The lowest BCUT2D eigenvalue weighted by atomic mass is 9.81. The molecule has 0 amide bonds. The fourth-order valence-electron chi connectivity index (χ4n) is 0.697. The van der Waals surface area contributed by atoms with Gasteiger partial charge in [0.15, 0.2) is 0 Å². The molecule has 0 atom stereocenters. The van der Waals surface area contributed by atoms with Crippen LogP contribution in [0.25, 0.3) is 0 Å². The Morgan fingerprint density at radius 3 is 2.25 bits per heavy atom. The lowest BCUT2D eigenvalue weighted by Crippen LogP contribution is -2.36. The van der Waals surface area contributed by atoms with Gasteiger partial charge in [-0.1, -0.05) is 0 Å². The van der Waals surface area contributed by atoms with Gasteiger partial charge in [-0.15, -0.1) is 0 Å². The summed E-state index contributed by atoms with van der Waals surface area (Å²) < 4.78 is 37.1. The Hall–Kier alpha value is -1.08. The number of pyridine rings is 1. The first-order chi connectivity index (χ1) is 5.52. The van der Waals surface area contributed by atoms with E-state index in [2.05, 4.69) is 4.98 Å². The molecular weight excluding hydrogens is 174 g/mol. The molecule has 0 fully saturated rings. The second kappa shape index (κ2) is 3.12. The van der Waals surface area contributed by atoms with Crippen LogP contribution in [0.2, 0.25) is 0 Å². The molecule has 0 unspecified atom stereocenters. The predicted octanol–water partition coefficient (Wildman–Crippen LogP) is -0.821. The van der Waals surface area contributed by atoms with Crippen LogP contribution in [0.5, 0.6) is 0 Å². The minimum Gasteiger partial charge on any atom is -0.423 e. The second-order valence-corrected chi connectivity index (χ2v) is 2.00. The topological polar surface area (TPSA) is 53.4 Å². The highest BCUT2D eigenvalue weighted by Gasteiger charge is 2.23. The Balaban J connectivity index is 3.28. The maximum absolute atomic E-state index is 12.5. The van der Waals surface area contributed by atoms with E-state index in [4.69, 9.17) is 10.0 Å². The summed E-state index contributed by atoms with van der Waals surface area (Å²) in [7, 11) is -2.34. The summed E-state index contributed by atoms with van der Waals surface area (Å²) in [5.74, 6) is -4.30. The third kappa shape index (κ3) is 1.57. The number of hydrogen-bond acceptors (Lipinski definition) is 3. The van der Waals surface area contributed by atoms with Crippen molar-refractivity contribution in [2.45, 2.75) is 0 Å². The largest absolute Gasteiger partial charge is 0.496 e. The van der Waals surface area contributed by atoms with E-state index in [9.17, 15) is 13.2 Å². The maximum Gasteiger partial charge on any atom is 0.496 e. The van der Waals surface area contributed by atoms with E-state index < -0.39 is 30.3 Å². The first-order valence-corrected chi connectivity index (χ1v) is 2.90. The van der Waals surface area contributed by atoms with E-state index in [1.54, 1.807) is 0 Å². The lowest BCUT2D eigenvalue weighted by Gasteiger charge is -2.01. The van der Waals surface area contributed by atoms with E-state index >= 15 is 0 Å². The Morgan fingerprint density at radius 2 is 1.83 bits per heavy atom. The zero-order chi connectivity index (χ0) is 9.30. The van der Waals surface area contributed by atoms with Gasteiger partial charge in [0.25, 0.3) is 0 Å². The lowest BCUT2D eigenvalue weighted by molar-refractivity contribution is 0.415. The third-order valence-electron chi connectivity index (χ3n) is 1.19. The Labute approximate surface area is 65.6 Å². The Morgan fingerprint density at radius 1 is 1.25 bits per heavy atom. The average molecular weight is 177 g/mol. The molecule has 0 radical (unpaired) electrons. The fourth-order valence-corrected chi connectivity index (χ4v) is 0.697. The molecule has 2 N–H and O–H groups in total. The highest BCUT2D eigenvalue weighted by molar-refractivity contribution is 6.58. The van der Waals surface area contributed by atoms with E-state index in [-0.39, 0.29) is 6.07 Å². The van der Waals surface area contributed by atoms with Crippen molar-refractivity contribution in [1.29, 1.82) is 0 Å². The molecule has 12 heavy (non-hydrogen) atoms. The molecule has 0 aliphatic carbocycles. The van der Waals surface area contributed by atoms with Crippen LogP contribution in [0.15, 0.2) is 6.07 Å². The molecule has 0 bridgehead atoms. The molecule has 1 aromatic rings. The Kier molecular flexibility index (Phi) is 2.34. The second-order valence-electron chi connectivity index (χ2n) is 2.00. The number of hydrogen-bond donors (Lipinski definition) is 2. The van der Waals surface area contributed by atoms with Gasteiger partial charge in [-0.3, -0.25) is 0 Å². The smallest absolute Gasteiger partial charge is 0.423 e. The molecular formula is C5H3BF3NO2. The maximum atomic E-state index is 12.5. The zero-order valence-electron chi connectivity index (χ0n) is 5.63. The van der Waals surface area contributed by atoms with Gasteiger partial charge in [0.05, 0.1) is 5.46 Å². The Bertz CT molecular complexity index is 284. The van der Waals surface area contributed by atoms with Crippen molar-refractivity contribution in [3.8, 4) is 0 Å². The highest BCUT2D eigenvalue weighted by Crippen LogP contribution is 2.00. The number of rotatable bonds is 1. The molecule has 1 rings (SSSR count). The first kappa shape index (κ1) is 9.02. The summed E-state index contributed by atoms with van der Waals surface area (Å²) in [6.45, 7) is 0. The van der Waals surface area contributed by atoms with Crippen LogP contribution in [0.4, 0.5) is 13.2 Å². The molecule has 0 aliphatic rings. The number of nitrogens with zero attached hydrogens (tertiary/aromatic N) is 1.